The Bertz CT molecular complexity index is 21.7. The van der Waals surface area contributed by atoms with E-state index in [9.17, 15) is 0 Å². The third kappa shape index (κ3) is 93.9. The van der Waals surface area contributed by atoms with Crippen molar-refractivity contribution in [3.05, 3.63) is 0 Å². The van der Waals surface area contributed by atoms with E-state index in [1.807, 2.05) is 0 Å². The minimum absolute atomic E-state index is 1.36. The highest BCUT2D eigenvalue weighted by molar-refractivity contribution is 4.31. The largest absolute Gasteiger partial charge is 0.333 e. The number of unbranched alkanes of at least 4 members (excludes halogenated alkanes) is 3. The molecule has 0 fully saturated rings. The van der Waals surface area contributed by atoms with Crippen LogP contribution >= 0.6 is 0 Å². The molecule has 0 rings (SSSR count). The highest BCUT2D eigenvalue weighted by Crippen LogP contribution is 1.95. The number of hydrogen-bond donors (Lipinski definition) is 3. The summed E-state index contributed by atoms with van der Waals surface area (Å²) in [5.41, 5.74) is 13.5. The fraction of sp³-hybridized carbons (Fsp3) is 1.00. The zero-order valence-corrected chi connectivity index (χ0v) is 9.56. The Hall–Kier alpha value is -0.120. The lowest BCUT2D eigenvalue weighted by molar-refractivity contribution is 0.702. The average molecular weight is 179 g/mol. The van der Waals surface area contributed by atoms with Crippen LogP contribution in [0.1, 0.15) is 39.5 Å². The first kappa shape index (κ1) is 22.6. The number of hydrogen-bond acceptors (Lipinski definition) is 3. The first-order valence-corrected chi connectivity index (χ1v) is 4.65. The van der Waals surface area contributed by atoms with E-state index in [1.165, 1.54) is 46.8 Å². The van der Waals surface area contributed by atoms with Gasteiger partial charge in [0.1, 0.15) is 0 Å². The minimum Gasteiger partial charge on any atom is -0.333 e. The molecule has 0 amide bonds. The molecule has 0 unspecified atom stereocenters. The lowest BCUT2D eigenvalue weighted by atomic mass is 10.2. The highest BCUT2D eigenvalue weighted by atomic mass is 14.4. The fourth-order valence-electron chi connectivity index (χ4n) is 0.500. The van der Waals surface area contributed by atoms with Gasteiger partial charge in [-0.15, -0.1) is 0 Å². The number of nitrogens with two attached hydrogens (primary N) is 3. The summed E-state index contributed by atoms with van der Waals surface area (Å²) in [5.74, 6) is 0. The molecule has 0 aromatic carbocycles. The van der Waals surface area contributed by atoms with Gasteiger partial charge in [-0.25, -0.2) is 0 Å². The van der Waals surface area contributed by atoms with E-state index in [0.717, 1.165) is 0 Å². The Labute approximate surface area is 78.7 Å². The van der Waals surface area contributed by atoms with Crippen LogP contribution in [0, 0.1) is 0 Å². The molecule has 0 radical (unpaired) electrons. The van der Waals surface area contributed by atoms with Crippen molar-refractivity contribution < 1.29 is 0 Å². The summed E-state index contributed by atoms with van der Waals surface area (Å²) in [6, 6.07) is 0. The molecule has 0 aliphatic heterocycles. The second-order valence-electron chi connectivity index (χ2n) is 1.71. The van der Waals surface area contributed by atoms with Crippen LogP contribution in [-0.2, 0) is 0 Å². The van der Waals surface area contributed by atoms with Gasteiger partial charge in [0, 0.05) is 0 Å². The maximum absolute atomic E-state index is 4.50. The van der Waals surface area contributed by atoms with Crippen molar-refractivity contribution in [2.75, 3.05) is 21.1 Å². The van der Waals surface area contributed by atoms with Gasteiger partial charge >= 0.3 is 0 Å². The lowest BCUT2D eigenvalue weighted by Gasteiger charge is -1.86. The second kappa shape index (κ2) is 70.5. The molecule has 80 valence electrons. The van der Waals surface area contributed by atoms with Crippen LogP contribution in [-0.4, -0.2) is 21.1 Å². The molecule has 0 saturated carbocycles. The van der Waals surface area contributed by atoms with Gasteiger partial charge in [0.2, 0.25) is 0 Å². The Kier molecular flexibility index (Phi) is 133. The summed E-state index contributed by atoms with van der Waals surface area (Å²) in [6.45, 7) is 4.46. The quantitative estimate of drug-likeness (QED) is 0.572. The molecule has 3 nitrogen and oxygen atoms in total. The SMILES string of the molecule is CCCCCC.CN.CN.CN. The molecule has 0 atom stereocenters. The predicted molar refractivity (Wildman–Crippen MR) is 60.2 cm³/mol. The molecule has 0 aliphatic rings. The van der Waals surface area contributed by atoms with E-state index in [4.69, 9.17) is 0 Å². The summed E-state index contributed by atoms with van der Waals surface area (Å²) >= 11 is 0. The molecule has 3 heteroatoms. The molecule has 0 heterocycles. The van der Waals surface area contributed by atoms with Crippen LogP contribution in [0.15, 0.2) is 0 Å². The molecule has 0 bridgehead atoms. The van der Waals surface area contributed by atoms with Crippen molar-refractivity contribution in [3.8, 4) is 0 Å². The fourth-order valence-corrected chi connectivity index (χ4v) is 0.500. The smallest absolute Gasteiger partial charge is 0.0195 e. The Balaban J connectivity index is -0.0000000453. The molecule has 12 heavy (non-hydrogen) atoms. The Morgan fingerprint density at radius 1 is 0.583 bits per heavy atom. The third-order valence-electron chi connectivity index (χ3n) is 0.957. The van der Waals surface area contributed by atoms with Crippen molar-refractivity contribution >= 4 is 0 Å². The van der Waals surface area contributed by atoms with Gasteiger partial charge in [0.05, 0.1) is 0 Å². The van der Waals surface area contributed by atoms with Gasteiger partial charge in [-0.2, -0.15) is 0 Å². The third-order valence-corrected chi connectivity index (χ3v) is 0.957. The van der Waals surface area contributed by atoms with E-state index in [0.29, 0.717) is 0 Å². The van der Waals surface area contributed by atoms with E-state index >= 15 is 0 Å². The van der Waals surface area contributed by atoms with E-state index in [-0.39, 0.29) is 0 Å². The maximum Gasteiger partial charge on any atom is -0.0195 e. The first-order chi connectivity index (χ1) is 5.91. The van der Waals surface area contributed by atoms with E-state index in [1.54, 1.807) is 0 Å². The molecule has 6 N–H and O–H groups in total. The molecule has 0 aliphatic carbocycles. The van der Waals surface area contributed by atoms with Crippen molar-refractivity contribution in [2.24, 2.45) is 17.2 Å². The normalized spacial score (nSPS) is 6.00. The summed E-state index contributed by atoms with van der Waals surface area (Å²) in [6.07, 6.45) is 5.54. The van der Waals surface area contributed by atoms with Crippen LogP contribution in [0.3, 0.4) is 0 Å². The van der Waals surface area contributed by atoms with Crippen molar-refractivity contribution in [1.82, 2.24) is 0 Å². The van der Waals surface area contributed by atoms with Gasteiger partial charge < -0.3 is 17.2 Å². The van der Waals surface area contributed by atoms with Crippen molar-refractivity contribution in [3.63, 3.8) is 0 Å². The maximum atomic E-state index is 4.50. The van der Waals surface area contributed by atoms with Crippen LogP contribution < -0.4 is 17.2 Å². The molecular weight excluding hydrogens is 150 g/mol. The van der Waals surface area contributed by atoms with Gasteiger partial charge in [0.25, 0.3) is 0 Å². The summed E-state index contributed by atoms with van der Waals surface area (Å²) in [7, 11) is 4.50. The van der Waals surface area contributed by atoms with Crippen LogP contribution in [0.5, 0.6) is 0 Å². The van der Waals surface area contributed by atoms with Crippen molar-refractivity contribution in [1.29, 1.82) is 0 Å². The monoisotopic (exact) mass is 179 g/mol. The van der Waals surface area contributed by atoms with Crippen LogP contribution in [0.25, 0.3) is 0 Å². The van der Waals surface area contributed by atoms with Crippen LogP contribution in [0.2, 0.25) is 0 Å². The highest BCUT2D eigenvalue weighted by Gasteiger charge is 1.75. The second-order valence-corrected chi connectivity index (χ2v) is 1.71. The Morgan fingerprint density at radius 2 is 0.750 bits per heavy atom. The van der Waals surface area contributed by atoms with Gasteiger partial charge in [-0.3, -0.25) is 0 Å². The van der Waals surface area contributed by atoms with Gasteiger partial charge in [-0.05, 0) is 21.1 Å². The lowest BCUT2D eigenvalue weighted by Crippen LogP contribution is -1.69. The topological polar surface area (TPSA) is 78.1 Å². The van der Waals surface area contributed by atoms with Crippen molar-refractivity contribution in [2.45, 2.75) is 39.5 Å². The van der Waals surface area contributed by atoms with Gasteiger partial charge in [0.15, 0.2) is 0 Å². The standard InChI is InChI=1S/C6H14.3CH5N/c1-3-5-6-4-2;3*1-2/h3-6H2,1-2H3;3*2H2,1H3. The zero-order chi connectivity index (χ0) is 10.8. The number of rotatable bonds is 3. The predicted octanol–water partition coefficient (Wildman–Crippen LogP) is 1.31. The summed E-state index contributed by atoms with van der Waals surface area (Å²) < 4.78 is 0. The Morgan fingerprint density at radius 3 is 0.833 bits per heavy atom. The summed E-state index contributed by atoms with van der Waals surface area (Å²) in [5, 5.41) is 0. The zero-order valence-electron chi connectivity index (χ0n) is 9.56. The van der Waals surface area contributed by atoms with E-state index in [2.05, 4.69) is 31.0 Å². The molecule has 0 aromatic rings. The summed E-state index contributed by atoms with van der Waals surface area (Å²) in [4.78, 5) is 0. The minimum atomic E-state index is 1.36. The molecule has 0 saturated heterocycles. The van der Waals surface area contributed by atoms with Gasteiger partial charge in [-0.1, -0.05) is 39.5 Å². The van der Waals surface area contributed by atoms with E-state index < -0.39 is 0 Å². The molecule has 0 spiro atoms. The first-order valence-electron chi connectivity index (χ1n) is 4.65. The molecular formula is C9H29N3. The molecule has 0 aromatic heterocycles. The average Bonchev–Trinajstić information content (AvgIpc) is 2.24. The van der Waals surface area contributed by atoms with Crippen LogP contribution in [0.4, 0.5) is 0 Å².